The molecule has 1 saturated heterocycles. The predicted octanol–water partition coefficient (Wildman–Crippen LogP) is 3.59. The van der Waals surface area contributed by atoms with E-state index >= 15 is 0 Å². The Bertz CT molecular complexity index is 186. The van der Waals surface area contributed by atoms with Crippen molar-refractivity contribution in [3.05, 3.63) is 0 Å². The van der Waals surface area contributed by atoms with Gasteiger partial charge in [-0.3, -0.25) is 0 Å². The summed E-state index contributed by atoms with van der Waals surface area (Å²) in [5, 5.41) is 3.51. The largest absolute Gasteiger partial charge is 0.317 e. The number of hydrogen-bond acceptors (Lipinski definition) is 1. The first-order valence-corrected chi connectivity index (χ1v) is 6.94. The average molecular weight is 209 g/mol. The maximum Gasteiger partial charge on any atom is -0.00461 e. The highest BCUT2D eigenvalue weighted by molar-refractivity contribution is 4.93. The zero-order chi connectivity index (χ0) is 10.7. The fourth-order valence-electron chi connectivity index (χ4n) is 4.11. The van der Waals surface area contributed by atoms with Crippen LogP contribution in [0.4, 0.5) is 0 Å². The molecule has 0 bridgehead atoms. The molecule has 1 heterocycles. The van der Waals surface area contributed by atoms with Crippen LogP contribution in [0.25, 0.3) is 0 Å². The van der Waals surface area contributed by atoms with Crippen LogP contribution in [0, 0.1) is 17.3 Å². The SMILES string of the molecule is CC(C)CC1(C2CCNCC2)CCCC1. The van der Waals surface area contributed by atoms with Gasteiger partial charge in [0.25, 0.3) is 0 Å². The summed E-state index contributed by atoms with van der Waals surface area (Å²) in [4.78, 5) is 0. The molecule has 1 heteroatoms. The molecular weight excluding hydrogens is 182 g/mol. The molecule has 2 fully saturated rings. The fourth-order valence-corrected chi connectivity index (χ4v) is 4.11. The molecule has 0 aromatic carbocycles. The van der Waals surface area contributed by atoms with Gasteiger partial charge in [0.05, 0.1) is 0 Å². The van der Waals surface area contributed by atoms with Gasteiger partial charge in [-0.15, -0.1) is 0 Å². The van der Waals surface area contributed by atoms with Crippen LogP contribution in [-0.2, 0) is 0 Å². The lowest BCUT2D eigenvalue weighted by Crippen LogP contribution is -2.38. The maximum absolute atomic E-state index is 3.51. The quantitative estimate of drug-likeness (QED) is 0.749. The van der Waals surface area contributed by atoms with E-state index in [0.717, 1.165) is 17.3 Å². The second-order valence-electron chi connectivity index (χ2n) is 6.19. The van der Waals surface area contributed by atoms with Crippen molar-refractivity contribution in [2.45, 2.75) is 58.8 Å². The summed E-state index contributed by atoms with van der Waals surface area (Å²) >= 11 is 0. The number of piperidine rings is 1. The molecule has 1 aliphatic carbocycles. The van der Waals surface area contributed by atoms with Crippen LogP contribution in [0.2, 0.25) is 0 Å². The van der Waals surface area contributed by atoms with E-state index < -0.39 is 0 Å². The summed E-state index contributed by atoms with van der Waals surface area (Å²) in [6, 6.07) is 0. The molecule has 0 aromatic rings. The Morgan fingerprint density at radius 1 is 1.13 bits per heavy atom. The van der Waals surface area contributed by atoms with Gasteiger partial charge in [0.15, 0.2) is 0 Å². The normalized spacial score (nSPS) is 27.4. The number of rotatable bonds is 3. The van der Waals surface area contributed by atoms with Crippen molar-refractivity contribution < 1.29 is 0 Å². The second-order valence-corrected chi connectivity index (χ2v) is 6.19. The summed E-state index contributed by atoms with van der Waals surface area (Å²) in [5.41, 5.74) is 0.746. The smallest absolute Gasteiger partial charge is 0.00461 e. The van der Waals surface area contributed by atoms with E-state index in [2.05, 4.69) is 19.2 Å². The van der Waals surface area contributed by atoms with Crippen LogP contribution in [0.3, 0.4) is 0 Å². The van der Waals surface area contributed by atoms with Crippen LogP contribution in [-0.4, -0.2) is 13.1 Å². The van der Waals surface area contributed by atoms with Gasteiger partial charge in [0.1, 0.15) is 0 Å². The molecule has 15 heavy (non-hydrogen) atoms. The zero-order valence-electron chi connectivity index (χ0n) is 10.5. The summed E-state index contributed by atoms with van der Waals surface area (Å²) < 4.78 is 0. The molecule has 0 unspecified atom stereocenters. The van der Waals surface area contributed by atoms with E-state index in [4.69, 9.17) is 0 Å². The van der Waals surface area contributed by atoms with E-state index in [0.29, 0.717) is 0 Å². The molecule has 1 N–H and O–H groups in total. The highest BCUT2D eigenvalue weighted by atomic mass is 14.9. The van der Waals surface area contributed by atoms with Gasteiger partial charge in [-0.25, -0.2) is 0 Å². The third-order valence-corrected chi connectivity index (χ3v) is 4.62. The van der Waals surface area contributed by atoms with Gasteiger partial charge in [-0.1, -0.05) is 26.7 Å². The molecule has 0 amide bonds. The molecule has 88 valence electrons. The number of nitrogens with one attached hydrogen (secondary N) is 1. The molecule has 2 rings (SSSR count). The van der Waals surface area contributed by atoms with Crippen molar-refractivity contribution in [3.63, 3.8) is 0 Å². The van der Waals surface area contributed by atoms with E-state index in [1.165, 1.54) is 58.0 Å². The van der Waals surface area contributed by atoms with Crippen molar-refractivity contribution >= 4 is 0 Å². The maximum atomic E-state index is 3.51. The Morgan fingerprint density at radius 3 is 2.27 bits per heavy atom. The van der Waals surface area contributed by atoms with Gasteiger partial charge < -0.3 is 5.32 Å². The minimum absolute atomic E-state index is 0.746. The van der Waals surface area contributed by atoms with Crippen LogP contribution in [0.5, 0.6) is 0 Å². The molecule has 0 atom stereocenters. The van der Waals surface area contributed by atoms with Crippen LogP contribution in [0.1, 0.15) is 58.8 Å². The highest BCUT2D eigenvalue weighted by Crippen LogP contribution is 2.51. The predicted molar refractivity (Wildman–Crippen MR) is 65.9 cm³/mol. The Kier molecular flexibility index (Phi) is 3.71. The van der Waals surface area contributed by atoms with E-state index in [9.17, 15) is 0 Å². The molecule has 0 spiro atoms. The van der Waals surface area contributed by atoms with Gasteiger partial charge in [-0.05, 0) is 62.4 Å². The molecule has 0 radical (unpaired) electrons. The molecule has 0 aromatic heterocycles. The van der Waals surface area contributed by atoms with E-state index in [-0.39, 0.29) is 0 Å². The third kappa shape index (κ3) is 2.55. The lowest BCUT2D eigenvalue weighted by atomic mass is 9.66. The van der Waals surface area contributed by atoms with Crippen LogP contribution < -0.4 is 5.32 Å². The van der Waals surface area contributed by atoms with Crippen molar-refractivity contribution in [3.8, 4) is 0 Å². The Labute approximate surface area is 95.0 Å². The van der Waals surface area contributed by atoms with Crippen molar-refractivity contribution in [2.24, 2.45) is 17.3 Å². The van der Waals surface area contributed by atoms with Gasteiger partial charge in [0.2, 0.25) is 0 Å². The highest BCUT2D eigenvalue weighted by Gasteiger charge is 2.41. The molecule has 2 aliphatic rings. The first kappa shape index (κ1) is 11.4. The standard InChI is InChI=1S/C14H27N/c1-12(2)11-14(7-3-4-8-14)13-5-9-15-10-6-13/h12-13,15H,3-11H2,1-2H3. The van der Waals surface area contributed by atoms with Gasteiger partial charge in [-0.2, -0.15) is 0 Å². The number of hydrogen-bond donors (Lipinski definition) is 1. The first-order valence-electron chi connectivity index (χ1n) is 6.94. The summed E-state index contributed by atoms with van der Waals surface area (Å²) in [6.07, 6.45) is 10.4. The first-order chi connectivity index (χ1) is 7.23. The monoisotopic (exact) mass is 209 g/mol. The topological polar surface area (TPSA) is 12.0 Å². The van der Waals surface area contributed by atoms with Crippen molar-refractivity contribution in [2.75, 3.05) is 13.1 Å². The Morgan fingerprint density at radius 2 is 1.73 bits per heavy atom. The van der Waals surface area contributed by atoms with Crippen molar-refractivity contribution in [1.82, 2.24) is 5.32 Å². The summed E-state index contributed by atoms with van der Waals surface area (Å²) in [6.45, 7) is 7.34. The summed E-state index contributed by atoms with van der Waals surface area (Å²) in [7, 11) is 0. The van der Waals surface area contributed by atoms with E-state index in [1.54, 1.807) is 0 Å². The second kappa shape index (κ2) is 4.86. The van der Waals surface area contributed by atoms with Crippen molar-refractivity contribution in [1.29, 1.82) is 0 Å². The lowest BCUT2D eigenvalue weighted by molar-refractivity contribution is 0.0999. The average Bonchev–Trinajstić information content (AvgIpc) is 2.68. The lowest BCUT2D eigenvalue weighted by Gasteiger charge is -2.41. The third-order valence-electron chi connectivity index (χ3n) is 4.62. The van der Waals surface area contributed by atoms with Gasteiger partial charge in [0, 0.05) is 0 Å². The van der Waals surface area contributed by atoms with E-state index in [1.807, 2.05) is 0 Å². The minimum atomic E-state index is 0.746. The molecule has 1 nitrogen and oxygen atoms in total. The molecule has 1 saturated carbocycles. The fraction of sp³-hybridized carbons (Fsp3) is 1.00. The Balaban J connectivity index is 2.03. The van der Waals surface area contributed by atoms with Crippen LogP contribution >= 0.6 is 0 Å². The molecule has 1 aliphatic heterocycles. The Hall–Kier alpha value is -0.0400. The zero-order valence-corrected chi connectivity index (χ0v) is 10.5. The van der Waals surface area contributed by atoms with Crippen LogP contribution in [0.15, 0.2) is 0 Å². The minimum Gasteiger partial charge on any atom is -0.317 e. The van der Waals surface area contributed by atoms with Gasteiger partial charge >= 0.3 is 0 Å². The summed E-state index contributed by atoms with van der Waals surface area (Å²) in [5.74, 6) is 1.92. The molecular formula is C14H27N.